The van der Waals surface area contributed by atoms with Crippen molar-refractivity contribution in [3.8, 4) is 22.4 Å². The summed E-state index contributed by atoms with van der Waals surface area (Å²) in [5.74, 6) is 0. The lowest BCUT2D eigenvalue weighted by Crippen LogP contribution is -2.32. The lowest BCUT2D eigenvalue weighted by Gasteiger charge is -2.11. The lowest BCUT2D eigenvalue weighted by molar-refractivity contribution is -0.633. The molecule has 0 fully saturated rings. The third kappa shape index (κ3) is 2.68. The molecule has 0 radical (unpaired) electrons. The highest BCUT2D eigenvalue weighted by Gasteiger charge is 2.18. The van der Waals surface area contributed by atoms with Gasteiger partial charge < -0.3 is 0 Å². The van der Waals surface area contributed by atoms with E-state index in [4.69, 9.17) is 0 Å². The lowest BCUT2D eigenvalue weighted by atomic mass is 9.95. The minimum atomic E-state index is 1.20. The van der Waals surface area contributed by atoms with E-state index in [0.717, 1.165) is 0 Å². The van der Waals surface area contributed by atoms with E-state index in [9.17, 15) is 0 Å². The van der Waals surface area contributed by atoms with Crippen molar-refractivity contribution in [1.29, 1.82) is 0 Å². The van der Waals surface area contributed by atoms with Crippen LogP contribution in [-0.4, -0.2) is 4.98 Å². The van der Waals surface area contributed by atoms with Gasteiger partial charge >= 0.3 is 0 Å². The fourth-order valence-corrected chi connectivity index (χ4v) is 3.78. The Labute approximate surface area is 154 Å². The van der Waals surface area contributed by atoms with Crippen molar-refractivity contribution in [2.45, 2.75) is 20.8 Å². The highest BCUT2D eigenvalue weighted by Crippen LogP contribution is 2.30. The molecule has 2 aromatic carbocycles. The highest BCUT2D eigenvalue weighted by molar-refractivity contribution is 5.93. The maximum atomic E-state index is 4.14. The first-order chi connectivity index (χ1) is 12.6. The molecule has 4 aromatic rings. The van der Waals surface area contributed by atoms with Gasteiger partial charge in [0.25, 0.3) is 0 Å². The smallest absolute Gasteiger partial charge is 0.213 e. The van der Waals surface area contributed by atoms with Crippen LogP contribution in [0.1, 0.15) is 16.7 Å². The molecular formula is C24H23N2+. The highest BCUT2D eigenvalue weighted by atomic mass is 14.9. The Hall–Kier alpha value is -3.00. The van der Waals surface area contributed by atoms with E-state index in [2.05, 4.69) is 92.0 Å². The molecule has 0 unspecified atom stereocenters. The molecule has 0 aliphatic carbocycles. The molecular weight excluding hydrogens is 316 g/mol. The number of pyridine rings is 2. The fourth-order valence-electron chi connectivity index (χ4n) is 3.78. The second kappa shape index (κ2) is 6.38. The van der Waals surface area contributed by atoms with E-state index < -0.39 is 0 Å². The third-order valence-electron chi connectivity index (χ3n) is 5.29. The number of fused-ring (bicyclic) bond motifs is 1. The summed E-state index contributed by atoms with van der Waals surface area (Å²) in [5, 5.41) is 1.26. The van der Waals surface area contributed by atoms with Crippen molar-refractivity contribution < 1.29 is 4.57 Å². The minimum Gasteiger partial charge on any atom is -0.265 e. The van der Waals surface area contributed by atoms with Gasteiger partial charge in [-0.15, -0.1) is 0 Å². The largest absolute Gasteiger partial charge is 0.265 e. The van der Waals surface area contributed by atoms with Crippen LogP contribution in [0.15, 0.2) is 67.0 Å². The van der Waals surface area contributed by atoms with Gasteiger partial charge in [0.1, 0.15) is 7.05 Å². The van der Waals surface area contributed by atoms with E-state index in [1.165, 1.54) is 50.0 Å². The van der Waals surface area contributed by atoms with Gasteiger partial charge in [0.05, 0.1) is 5.39 Å². The van der Waals surface area contributed by atoms with E-state index >= 15 is 0 Å². The molecule has 26 heavy (non-hydrogen) atoms. The average molecular weight is 339 g/mol. The van der Waals surface area contributed by atoms with Crippen LogP contribution in [0.3, 0.4) is 0 Å². The summed E-state index contributed by atoms with van der Waals surface area (Å²) < 4.78 is 2.31. The number of aryl methyl sites for hydroxylation is 3. The Kier molecular flexibility index (Phi) is 4.04. The summed E-state index contributed by atoms with van der Waals surface area (Å²) in [6, 6.07) is 19.7. The summed E-state index contributed by atoms with van der Waals surface area (Å²) in [7, 11) is 2.16. The Morgan fingerprint density at radius 3 is 2.35 bits per heavy atom. The average Bonchev–Trinajstić information content (AvgIpc) is 2.66. The van der Waals surface area contributed by atoms with E-state index in [-0.39, 0.29) is 0 Å². The SMILES string of the molecule is Cc1cc(C)c(C)c(-c2ccc3c(-c4ccncc4)cccc3[n+]2C)c1. The summed E-state index contributed by atoms with van der Waals surface area (Å²) in [5.41, 5.74) is 10.2. The van der Waals surface area contributed by atoms with Gasteiger partial charge in [-0.25, -0.2) is 0 Å². The monoisotopic (exact) mass is 339 g/mol. The van der Waals surface area contributed by atoms with Gasteiger partial charge in [0.2, 0.25) is 11.2 Å². The zero-order valence-electron chi connectivity index (χ0n) is 15.7. The number of benzene rings is 2. The predicted molar refractivity (Wildman–Crippen MR) is 108 cm³/mol. The van der Waals surface area contributed by atoms with Gasteiger partial charge in [-0.1, -0.05) is 23.8 Å². The molecule has 0 saturated heterocycles. The van der Waals surface area contributed by atoms with Crippen molar-refractivity contribution in [2.75, 3.05) is 0 Å². The standard InChI is InChI=1S/C24H23N2/c1-16-14-17(2)18(3)22(15-16)24-9-8-21-20(19-10-12-25-13-11-19)6-5-7-23(21)26(24)4/h5-15H,1-4H3/q+1. The number of nitrogens with zero attached hydrogens (tertiary/aromatic N) is 2. The topological polar surface area (TPSA) is 16.8 Å². The van der Waals surface area contributed by atoms with Crippen LogP contribution >= 0.6 is 0 Å². The zero-order valence-corrected chi connectivity index (χ0v) is 15.7. The maximum absolute atomic E-state index is 4.14. The quantitative estimate of drug-likeness (QED) is 0.452. The van der Waals surface area contributed by atoms with Crippen LogP contribution in [0.4, 0.5) is 0 Å². The normalized spacial score (nSPS) is 11.1. The second-order valence-electron chi connectivity index (χ2n) is 7.01. The molecule has 0 aliphatic rings. The summed E-state index contributed by atoms with van der Waals surface area (Å²) in [4.78, 5) is 4.14. The van der Waals surface area contributed by atoms with Crippen molar-refractivity contribution in [3.05, 3.63) is 83.7 Å². The second-order valence-corrected chi connectivity index (χ2v) is 7.01. The molecule has 0 saturated carbocycles. The molecule has 0 amide bonds. The Morgan fingerprint density at radius 2 is 1.58 bits per heavy atom. The molecule has 4 rings (SSSR count). The van der Waals surface area contributed by atoms with Gasteiger partial charge in [0, 0.05) is 30.1 Å². The molecule has 2 aromatic heterocycles. The Morgan fingerprint density at radius 1 is 0.808 bits per heavy atom. The molecule has 0 spiro atoms. The number of hydrogen-bond acceptors (Lipinski definition) is 1. The molecule has 0 N–H and O–H groups in total. The minimum absolute atomic E-state index is 1.20. The fraction of sp³-hybridized carbons (Fsp3) is 0.167. The Bertz CT molecular complexity index is 1110. The van der Waals surface area contributed by atoms with Crippen molar-refractivity contribution in [3.63, 3.8) is 0 Å². The van der Waals surface area contributed by atoms with E-state index in [1.807, 2.05) is 12.4 Å². The van der Waals surface area contributed by atoms with Gasteiger partial charge in [0.15, 0.2) is 0 Å². The van der Waals surface area contributed by atoms with Gasteiger partial charge in [-0.3, -0.25) is 4.98 Å². The van der Waals surface area contributed by atoms with Crippen LogP contribution < -0.4 is 4.57 Å². The first-order valence-corrected chi connectivity index (χ1v) is 8.96. The summed E-state index contributed by atoms with van der Waals surface area (Å²) >= 11 is 0. The first-order valence-electron chi connectivity index (χ1n) is 8.96. The van der Waals surface area contributed by atoms with Crippen LogP contribution in [0.5, 0.6) is 0 Å². The van der Waals surface area contributed by atoms with E-state index in [1.54, 1.807) is 0 Å². The summed E-state index contributed by atoms with van der Waals surface area (Å²) in [6.07, 6.45) is 3.70. The molecule has 128 valence electrons. The molecule has 2 nitrogen and oxygen atoms in total. The molecule has 2 heterocycles. The van der Waals surface area contributed by atoms with Crippen LogP contribution in [-0.2, 0) is 7.05 Å². The molecule has 0 bridgehead atoms. The third-order valence-corrected chi connectivity index (χ3v) is 5.29. The van der Waals surface area contributed by atoms with Crippen LogP contribution in [0, 0.1) is 20.8 Å². The summed E-state index contributed by atoms with van der Waals surface area (Å²) in [6.45, 7) is 6.56. The zero-order chi connectivity index (χ0) is 18.3. The van der Waals surface area contributed by atoms with Crippen LogP contribution in [0.25, 0.3) is 33.3 Å². The maximum Gasteiger partial charge on any atom is 0.213 e. The number of rotatable bonds is 2. The first kappa shape index (κ1) is 16.5. The van der Waals surface area contributed by atoms with Crippen molar-refractivity contribution in [2.24, 2.45) is 7.05 Å². The number of aromatic nitrogens is 2. The number of hydrogen-bond donors (Lipinski definition) is 0. The molecule has 0 aliphatic heterocycles. The molecule has 0 atom stereocenters. The molecule has 2 heteroatoms. The van der Waals surface area contributed by atoms with Gasteiger partial charge in [-0.05, 0) is 67.3 Å². The van der Waals surface area contributed by atoms with Crippen molar-refractivity contribution in [1.82, 2.24) is 4.98 Å². The van der Waals surface area contributed by atoms with Crippen molar-refractivity contribution >= 4 is 10.9 Å². The van der Waals surface area contributed by atoms with Gasteiger partial charge in [-0.2, -0.15) is 4.57 Å². The predicted octanol–water partition coefficient (Wildman–Crippen LogP) is 5.32. The Balaban J connectivity index is 1.98. The van der Waals surface area contributed by atoms with Crippen LogP contribution in [0.2, 0.25) is 0 Å². The van der Waals surface area contributed by atoms with E-state index in [0.29, 0.717) is 0 Å².